The van der Waals surface area contributed by atoms with E-state index in [9.17, 15) is 18.0 Å². The van der Waals surface area contributed by atoms with E-state index in [2.05, 4.69) is 21.6 Å². The molecule has 0 aliphatic heterocycles. The molecule has 1 aromatic carbocycles. The average molecular weight is 418 g/mol. The van der Waals surface area contributed by atoms with Gasteiger partial charge in [0.2, 0.25) is 10.0 Å². The monoisotopic (exact) mass is 417 g/mol. The molecule has 0 saturated carbocycles. The summed E-state index contributed by atoms with van der Waals surface area (Å²) >= 11 is 0. The van der Waals surface area contributed by atoms with E-state index in [1.54, 1.807) is 31.2 Å². The van der Waals surface area contributed by atoms with Gasteiger partial charge in [0, 0.05) is 23.5 Å². The minimum absolute atomic E-state index is 0.0723. The van der Waals surface area contributed by atoms with Crippen molar-refractivity contribution in [2.45, 2.75) is 39.4 Å². The van der Waals surface area contributed by atoms with Crippen molar-refractivity contribution in [3.8, 4) is 0 Å². The van der Waals surface area contributed by atoms with Gasteiger partial charge in [-0.2, -0.15) is 0 Å². The summed E-state index contributed by atoms with van der Waals surface area (Å²) in [5.74, 6) is -0.568. The summed E-state index contributed by atoms with van der Waals surface area (Å²) < 4.78 is 26.3. The molecule has 8 heteroatoms. The van der Waals surface area contributed by atoms with E-state index in [-0.39, 0.29) is 24.0 Å². The number of carbonyl (C=O) groups excluding carboxylic acids is 2. The number of anilines is 1. The summed E-state index contributed by atoms with van der Waals surface area (Å²) in [5, 5.41) is 2.80. The lowest BCUT2D eigenvalue weighted by Gasteiger charge is -2.09. The van der Waals surface area contributed by atoms with E-state index in [1.165, 1.54) is 13.0 Å². The standard InChI is InChI=1S/C21H27N3O4S/c1-5-7-18-19(15(4)25)14(3)23-20(18)21(26)24-17-10-8-16(9-11-17)13-29(27,28)22-12-6-2/h6,8-11,22-23H,2,5,7,12-13H2,1,3-4H3,(H,24,26). The maximum atomic E-state index is 12.8. The first kappa shape index (κ1) is 22.6. The summed E-state index contributed by atoms with van der Waals surface area (Å²) in [4.78, 5) is 27.8. The molecule has 0 aliphatic carbocycles. The van der Waals surface area contributed by atoms with Crippen LogP contribution in [0, 0.1) is 6.92 Å². The molecule has 0 aliphatic rings. The Morgan fingerprint density at radius 2 is 1.86 bits per heavy atom. The van der Waals surface area contributed by atoms with Gasteiger partial charge in [-0.15, -0.1) is 6.58 Å². The molecule has 2 aromatic rings. The molecular formula is C21H27N3O4S. The van der Waals surface area contributed by atoms with Crippen molar-refractivity contribution in [2.75, 3.05) is 11.9 Å². The van der Waals surface area contributed by atoms with Crippen LogP contribution >= 0.6 is 0 Å². The lowest BCUT2D eigenvalue weighted by atomic mass is 10.0. The molecule has 7 nitrogen and oxygen atoms in total. The number of ketones is 1. The number of nitrogens with one attached hydrogen (secondary N) is 3. The molecule has 1 amide bonds. The van der Waals surface area contributed by atoms with Crippen LogP contribution in [0.3, 0.4) is 0 Å². The van der Waals surface area contributed by atoms with E-state index in [0.29, 0.717) is 34.6 Å². The zero-order valence-electron chi connectivity index (χ0n) is 17.0. The van der Waals surface area contributed by atoms with Crippen LogP contribution in [0.15, 0.2) is 36.9 Å². The number of aryl methyl sites for hydroxylation is 1. The molecule has 0 unspecified atom stereocenters. The van der Waals surface area contributed by atoms with Gasteiger partial charge in [-0.3, -0.25) is 9.59 Å². The van der Waals surface area contributed by atoms with Crippen molar-refractivity contribution in [2.24, 2.45) is 0 Å². The molecule has 29 heavy (non-hydrogen) atoms. The third-order valence-corrected chi connectivity index (χ3v) is 5.71. The predicted octanol–water partition coefficient (Wildman–Crippen LogP) is 3.34. The number of hydrogen-bond donors (Lipinski definition) is 3. The van der Waals surface area contributed by atoms with Crippen molar-refractivity contribution >= 4 is 27.4 Å². The van der Waals surface area contributed by atoms with Gasteiger partial charge >= 0.3 is 0 Å². The first-order chi connectivity index (χ1) is 13.7. The second-order valence-corrected chi connectivity index (χ2v) is 8.64. The zero-order chi connectivity index (χ0) is 21.6. The zero-order valence-corrected chi connectivity index (χ0v) is 17.8. The molecule has 3 N–H and O–H groups in total. The van der Waals surface area contributed by atoms with Gasteiger partial charge in [0.25, 0.3) is 5.91 Å². The number of hydrogen-bond acceptors (Lipinski definition) is 4. The summed E-state index contributed by atoms with van der Waals surface area (Å²) in [6, 6.07) is 6.60. The molecule has 0 radical (unpaired) electrons. The molecule has 0 spiro atoms. The molecule has 0 bridgehead atoms. The number of amides is 1. The topological polar surface area (TPSA) is 108 Å². The van der Waals surface area contributed by atoms with E-state index in [1.807, 2.05) is 6.92 Å². The summed E-state index contributed by atoms with van der Waals surface area (Å²) in [5.41, 5.74) is 3.50. The van der Waals surface area contributed by atoms with E-state index in [4.69, 9.17) is 0 Å². The average Bonchev–Trinajstić information content (AvgIpc) is 2.98. The number of benzene rings is 1. The van der Waals surface area contributed by atoms with Crippen LogP contribution in [-0.4, -0.2) is 31.6 Å². The smallest absolute Gasteiger partial charge is 0.272 e. The number of sulfonamides is 1. The molecule has 0 fully saturated rings. The minimum atomic E-state index is -3.44. The molecule has 0 saturated heterocycles. The first-order valence-electron chi connectivity index (χ1n) is 9.39. The number of carbonyl (C=O) groups is 2. The van der Waals surface area contributed by atoms with Crippen LogP contribution in [-0.2, 0) is 22.2 Å². The van der Waals surface area contributed by atoms with Crippen LogP contribution in [0.4, 0.5) is 5.69 Å². The Morgan fingerprint density at radius 3 is 2.41 bits per heavy atom. The number of Topliss-reactive ketones (excluding diaryl/α,β-unsaturated/α-hetero) is 1. The van der Waals surface area contributed by atoms with E-state index < -0.39 is 10.0 Å². The second-order valence-electron chi connectivity index (χ2n) is 6.83. The predicted molar refractivity (Wildman–Crippen MR) is 115 cm³/mol. The molecule has 1 heterocycles. The van der Waals surface area contributed by atoms with Gasteiger partial charge < -0.3 is 10.3 Å². The minimum Gasteiger partial charge on any atom is -0.354 e. The Bertz CT molecular complexity index is 1010. The highest BCUT2D eigenvalue weighted by Gasteiger charge is 2.22. The van der Waals surface area contributed by atoms with E-state index in [0.717, 1.165) is 12.0 Å². The summed E-state index contributed by atoms with van der Waals surface area (Å²) in [6.45, 7) is 8.92. The Morgan fingerprint density at radius 1 is 1.21 bits per heavy atom. The Kier molecular flexibility index (Phi) is 7.53. The number of aromatic amines is 1. The third kappa shape index (κ3) is 5.88. The van der Waals surface area contributed by atoms with Crippen molar-refractivity contribution in [3.63, 3.8) is 0 Å². The van der Waals surface area contributed by atoms with Crippen LogP contribution in [0.25, 0.3) is 0 Å². The summed E-state index contributed by atoms with van der Waals surface area (Å²) in [6.07, 6.45) is 2.90. The SMILES string of the molecule is C=CCNS(=O)(=O)Cc1ccc(NC(=O)c2[nH]c(C)c(C(C)=O)c2CCC)cc1. The molecule has 1 aromatic heterocycles. The lowest BCUT2D eigenvalue weighted by molar-refractivity contribution is 0.101. The van der Waals surface area contributed by atoms with Crippen LogP contribution in [0.2, 0.25) is 0 Å². The molecule has 0 atom stereocenters. The molecular weight excluding hydrogens is 390 g/mol. The second kappa shape index (κ2) is 9.67. The van der Waals surface area contributed by atoms with Crippen LogP contribution in [0.1, 0.15) is 57.9 Å². The van der Waals surface area contributed by atoms with Crippen molar-refractivity contribution < 1.29 is 18.0 Å². The van der Waals surface area contributed by atoms with Gasteiger partial charge in [0.05, 0.1) is 5.75 Å². The van der Waals surface area contributed by atoms with Gasteiger partial charge in [0.1, 0.15) is 5.69 Å². The fraction of sp³-hybridized carbons (Fsp3) is 0.333. The van der Waals surface area contributed by atoms with Gasteiger partial charge in [0.15, 0.2) is 5.78 Å². The van der Waals surface area contributed by atoms with Crippen molar-refractivity contribution in [1.29, 1.82) is 0 Å². The first-order valence-corrected chi connectivity index (χ1v) is 11.0. The normalized spacial score (nSPS) is 11.3. The molecule has 2 rings (SSSR count). The molecule has 156 valence electrons. The highest BCUT2D eigenvalue weighted by atomic mass is 32.2. The quantitative estimate of drug-likeness (QED) is 0.407. The summed E-state index contributed by atoms with van der Waals surface area (Å²) in [7, 11) is -3.44. The number of aromatic nitrogens is 1. The fourth-order valence-electron chi connectivity index (χ4n) is 3.18. The number of H-pyrrole nitrogens is 1. The maximum absolute atomic E-state index is 12.8. The van der Waals surface area contributed by atoms with Gasteiger partial charge in [-0.1, -0.05) is 31.6 Å². The third-order valence-electron chi connectivity index (χ3n) is 4.39. The van der Waals surface area contributed by atoms with Gasteiger partial charge in [-0.25, -0.2) is 13.1 Å². The van der Waals surface area contributed by atoms with Crippen LogP contribution in [0.5, 0.6) is 0 Å². The lowest BCUT2D eigenvalue weighted by Crippen LogP contribution is -2.25. The fourth-order valence-corrected chi connectivity index (χ4v) is 4.29. The highest BCUT2D eigenvalue weighted by Crippen LogP contribution is 2.23. The van der Waals surface area contributed by atoms with Crippen LogP contribution < -0.4 is 10.0 Å². The Balaban J connectivity index is 2.17. The van der Waals surface area contributed by atoms with Gasteiger partial charge in [-0.05, 0) is 43.5 Å². The Labute approximate surface area is 171 Å². The van der Waals surface area contributed by atoms with Crippen molar-refractivity contribution in [3.05, 3.63) is 65.0 Å². The number of rotatable bonds is 10. The Hall–Kier alpha value is -2.71. The van der Waals surface area contributed by atoms with Crippen molar-refractivity contribution in [1.82, 2.24) is 9.71 Å². The highest BCUT2D eigenvalue weighted by molar-refractivity contribution is 7.88. The van der Waals surface area contributed by atoms with E-state index >= 15 is 0 Å². The largest absolute Gasteiger partial charge is 0.354 e. The maximum Gasteiger partial charge on any atom is 0.272 e.